The van der Waals surface area contributed by atoms with Crippen LogP contribution in [0.4, 0.5) is 29.2 Å². The lowest BCUT2D eigenvalue weighted by Crippen LogP contribution is -2.07. The maximum Gasteiger partial charge on any atom is 0.250 e. The summed E-state index contributed by atoms with van der Waals surface area (Å²) < 4.78 is 7.82. The molecule has 6 aromatic rings. The molecule has 0 radical (unpaired) electrons. The van der Waals surface area contributed by atoms with Gasteiger partial charge in [0.25, 0.3) is 0 Å². The van der Waals surface area contributed by atoms with Crippen LogP contribution >= 0.6 is 31.9 Å². The fourth-order valence-corrected chi connectivity index (χ4v) is 5.81. The smallest absolute Gasteiger partial charge is 0.250 e. The van der Waals surface area contributed by atoms with Crippen LogP contribution in [-0.4, -0.2) is 21.2 Å². The zero-order valence-electron chi connectivity index (χ0n) is 22.7. The van der Waals surface area contributed by atoms with E-state index in [1.807, 2.05) is 91.0 Å². The van der Waals surface area contributed by atoms with Crippen LogP contribution in [0.15, 0.2) is 129 Å². The molecule has 43 heavy (non-hydrogen) atoms. The first-order chi connectivity index (χ1) is 21.1. The Labute approximate surface area is 265 Å². The Bertz CT molecular complexity index is 1800. The van der Waals surface area contributed by atoms with Gasteiger partial charge in [0.2, 0.25) is 17.8 Å². The summed E-state index contributed by atoms with van der Waals surface area (Å²) >= 11 is 7.31. The number of rotatable bonds is 10. The lowest BCUT2D eigenvalue weighted by atomic mass is 10.1. The van der Waals surface area contributed by atoms with E-state index in [1.165, 1.54) is 10.8 Å². The minimum Gasteiger partial charge on any atom is -0.487 e. The van der Waals surface area contributed by atoms with E-state index < -0.39 is 0 Å². The van der Waals surface area contributed by atoms with Gasteiger partial charge in [-0.05, 0) is 90.2 Å². The molecule has 0 aliphatic carbocycles. The Morgan fingerprint density at radius 2 is 1.21 bits per heavy atom. The van der Waals surface area contributed by atoms with Crippen LogP contribution in [-0.2, 0) is 6.61 Å². The number of nitrogens with one attached hydrogen (secondary N) is 3. The first kappa shape index (κ1) is 28.3. The van der Waals surface area contributed by atoms with Crippen molar-refractivity contribution >= 4 is 78.1 Å². The van der Waals surface area contributed by atoms with Crippen molar-refractivity contribution in [2.75, 3.05) is 16.1 Å². The van der Waals surface area contributed by atoms with Gasteiger partial charge in [-0.25, -0.2) is 5.43 Å². The predicted octanol–water partition coefficient (Wildman–Crippen LogP) is 9.06. The largest absolute Gasteiger partial charge is 0.487 e. The lowest BCUT2D eigenvalue weighted by Gasteiger charge is -2.13. The summed E-state index contributed by atoms with van der Waals surface area (Å²) in [6.45, 7) is 0.436. The van der Waals surface area contributed by atoms with E-state index in [4.69, 9.17) is 4.74 Å². The van der Waals surface area contributed by atoms with Crippen molar-refractivity contribution in [2.24, 2.45) is 5.10 Å². The highest BCUT2D eigenvalue weighted by Gasteiger charge is 2.11. The van der Waals surface area contributed by atoms with Crippen molar-refractivity contribution in [3.63, 3.8) is 0 Å². The quantitative estimate of drug-likeness (QED) is 0.0973. The molecule has 10 heteroatoms. The van der Waals surface area contributed by atoms with Crippen LogP contribution in [0.25, 0.3) is 10.8 Å². The molecule has 0 amide bonds. The minimum atomic E-state index is 0.274. The van der Waals surface area contributed by atoms with E-state index in [0.29, 0.717) is 24.3 Å². The third-order valence-corrected chi connectivity index (χ3v) is 7.52. The van der Waals surface area contributed by atoms with Gasteiger partial charge in [-0.1, -0.05) is 78.9 Å². The number of aromatic nitrogens is 3. The molecule has 6 rings (SSSR count). The minimum absolute atomic E-state index is 0.274. The fourth-order valence-electron chi connectivity index (χ4n) is 4.36. The average molecular weight is 695 g/mol. The zero-order chi connectivity index (χ0) is 29.4. The SMILES string of the molecule is Brc1cc(/C=N\Nc2nc(Nc3ccccc3)nc(Nc3ccccc3)n2)cc(Br)c1OCc1cccc2ccccc12. The Kier molecular flexibility index (Phi) is 8.86. The van der Waals surface area contributed by atoms with Crippen LogP contribution in [0.5, 0.6) is 5.75 Å². The predicted molar refractivity (Wildman–Crippen MR) is 181 cm³/mol. The summed E-state index contributed by atoms with van der Waals surface area (Å²) in [5.74, 6) is 1.73. The van der Waals surface area contributed by atoms with Gasteiger partial charge >= 0.3 is 0 Å². The second-order valence-electron chi connectivity index (χ2n) is 9.40. The third kappa shape index (κ3) is 7.35. The topological polar surface area (TPSA) is 96.4 Å². The van der Waals surface area contributed by atoms with Crippen LogP contribution in [0, 0.1) is 0 Å². The number of hydrogen-bond acceptors (Lipinski definition) is 8. The first-order valence-electron chi connectivity index (χ1n) is 13.4. The summed E-state index contributed by atoms with van der Waals surface area (Å²) in [5, 5.41) is 13.2. The number of para-hydroxylation sites is 2. The Morgan fingerprint density at radius 3 is 1.86 bits per heavy atom. The van der Waals surface area contributed by atoms with Gasteiger partial charge in [0.05, 0.1) is 15.2 Å². The van der Waals surface area contributed by atoms with E-state index in [2.05, 4.69) is 92.2 Å². The molecule has 0 aliphatic heterocycles. The molecule has 0 fully saturated rings. The van der Waals surface area contributed by atoms with Crippen molar-refractivity contribution in [3.05, 3.63) is 135 Å². The molecule has 0 bridgehead atoms. The van der Waals surface area contributed by atoms with Crippen molar-refractivity contribution < 1.29 is 4.74 Å². The monoisotopic (exact) mass is 693 g/mol. The number of halogens is 2. The summed E-state index contributed by atoms with van der Waals surface area (Å²) in [6.07, 6.45) is 1.68. The first-order valence-corrected chi connectivity index (χ1v) is 15.0. The standard InChI is InChI=1S/C33H25Br2N7O/c34-28-18-22(19-29(35)30(28)43-21-24-12-9-11-23-10-7-8-17-27(23)24)20-36-42-33-40-31(37-25-13-3-1-4-14-25)39-32(41-33)38-26-15-5-2-6-16-26/h1-20H,21H2,(H3,37,38,39,40,41,42)/b36-20-. The maximum atomic E-state index is 6.22. The molecule has 0 spiro atoms. The van der Waals surface area contributed by atoms with Gasteiger partial charge in [0.15, 0.2) is 0 Å². The molecular weight excluding hydrogens is 670 g/mol. The second kappa shape index (κ2) is 13.5. The normalized spacial score (nSPS) is 11.0. The van der Waals surface area contributed by atoms with E-state index in [0.717, 1.165) is 31.4 Å². The number of nitrogens with zero attached hydrogens (tertiary/aromatic N) is 4. The maximum absolute atomic E-state index is 6.22. The lowest BCUT2D eigenvalue weighted by molar-refractivity contribution is 0.303. The van der Waals surface area contributed by atoms with Gasteiger partial charge in [0, 0.05) is 11.4 Å². The molecule has 0 saturated carbocycles. The van der Waals surface area contributed by atoms with E-state index in [1.54, 1.807) is 6.21 Å². The van der Waals surface area contributed by atoms with Crippen molar-refractivity contribution in [3.8, 4) is 5.75 Å². The second-order valence-corrected chi connectivity index (χ2v) is 11.1. The van der Waals surface area contributed by atoms with E-state index in [-0.39, 0.29) is 5.95 Å². The molecule has 0 saturated heterocycles. The summed E-state index contributed by atoms with van der Waals surface area (Å²) in [7, 11) is 0. The Morgan fingerprint density at radius 1 is 0.651 bits per heavy atom. The Balaban J connectivity index is 1.17. The summed E-state index contributed by atoms with van der Waals surface area (Å²) in [4.78, 5) is 13.5. The number of hydrazone groups is 1. The molecule has 212 valence electrons. The average Bonchev–Trinajstić information content (AvgIpc) is 3.02. The number of benzene rings is 5. The van der Waals surface area contributed by atoms with Crippen molar-refractivity contribution in [1.82, 2.24) is 15.0 Å². The molecular formula is C33H25Br2N7O. The third-order valence-electron chi connectivity index (χ3n) is 6.35. The highest BCUT2D eigenvalue weighted by molar-refractivity contribution is 9.11. The number of anilines is 5. The summed E-state index contributed by atoms with van der Waals surface area (Å²) in [5.41, 5.74) is 6.59. The van der Waals surface area contributed by atoms with Crippen molar-refractivity contribution in [2.45, 2.75) is 6.61 Å². The van der Waals surface area contributed by atoms with Crippen molar-refractivity contribution in [1.29, 1.82) is 0 Å². The fraction of sp³-hybridized carbons (Fsp3) is 0.0303. The van der Waals surface area contributed by atoms with Gasteiger partial charge < -0.3 is 15.4 Å². The van der Waals surface area contributed by atoms with E-state index in [9.17, 15) is 0 Å². The summed E-state index contributed by atoms with van der Waals surface area (Å²) in [6, 6.07) is 37.8. The van der Waals surface area contributed by atoms with E-state index >= 15 is 0 Å². The highest BCUT2D eigenvalue weighted by Crippen LogP contribution is 2.35. The van der Waals surface area contributed by atoms with Gasteiger partial charge in [-0.2, -0.15) is 20.1 Å². The molecule has 1 aromatic heterocycles. The molecule has 0 unspecified atom stereocenters. The van der Waals surface area contributed by atoms with Crippen LogP contribution < -0.4 is 20.8 Å². The number of hydrogen-bond donors (Lipinski definition) is 3. The highest BCUT2D eigenvalue weighted by atomic mass is 79.9. The molecule has 0 aliphatic rings. The number of ether oxygens (including phenoxy) is 1. The molecule has 0 atom stereocenters. The molecule has 5 aromatic carbocycles. The van der Waals surface area contributed by atoms with Gasteiger partial charge in [-0.15, -0.1) is 0 Å². The number of fused-ring (bicyclic) bond motifs is 1. The van der Waals surface area contributed by atoms with Crippen LogP contribution in [0.2, 0.25) is 0 Å². The Hall–Kier alpha value is -4.80. The molecule has 3 N–H and O–H groups in total. The van der Waals surface area contributed by atoms with Gasteiger partial charge in [-0.3, -0.25) is 0 Å². The zero-order valence-corrected chi connectivity index (χ0v) is 25.9. The van der Waals surface area contributed by atoms with Gasteiger partial charge in [0.1, 0.15) is 12.4 Å². The van der Waals surface area contributed by atoms with Crippen LogP contribution in [0.3, 0.4) is 0 Å². The van der Waals surface area contributed by atoms with Crippen LogP contribution in [0.1, 0.15) is 11.1 Å². The molecule has 1 heterocycles. The molecule has 8 nitrogen and oxygen atoms in total.